The Morgan fingerprint density at radius 2 is 1.70 bits per heavy atom. The number of hydrogen-bond donors (Lipinski definition) is 0. The maximum atomic E-state index is 12.1. The largest absolute Gasteiger partial charge is 0.573 e. The second kappa shape index (κ2) is 6.06. The normalized spacial score (nSPS) is 11.4. The van der Waals surface area contributed by atoms with Crippen molar-refractivity contribution in [3.05, 3.63) is 53.1 Å². The van der Waals surface area contributed by atoms with Crippen LogP contribution in [0, 0.1) is 0 Å². The molecular weight excluding hydrogens is 357 g/mol. The summed E-state index contributed by atoms with van der Waals surface area (Å²) in [7, 11) is 0. The first-order valence-corrected chi connectivity index (χ1v) is 7.09. The average Bonchev–Trinajstić information content (AvgIpc) is 2.38. The highest BCUT2D eigenvalue weighted by atomic mass is 79.9. The van der Waals surface area contributed by atoms with Crippen molar-refractivity contribution in [3.63, 3.8) is 0 Å². The Bertz CT molecular complexity index is 596. The van der Waals surface area contributed by atoms with Crippen molar-refractivity contribution in [1.29, 1.82) is 0 Å². The van der Waals surface area contributed by atoms with E-state index in [-0.39, 0.29) is 5.75 Å². The summed E-state index contributed by atoms with van der Waals surface area (Å²) in [6.45, 7) is 0. The molecule has 20 heavy (non-hydrogen) atoms. The van der Waals surface area contributed by atoms with Crippen LogP contribution < -0.4 is 4.74 Å². The van der Waals surface area contributed by atoms with Crippen molar-refractivity contribution >= 4 is 27.5 Å². The average molecular weight is 366 g/mol. The van der Waals surface area contributed by atoms with Gasteiger partial charge in [0.05, 0.1) is 0 Å². The van der Waals surface area contributed by atoms with Crippen LogP contribution in [0.25, 0.3) is 11.1 Å². The molecule has 0 aliphatic heterocycles. The van der Waals surface area contributed by atoms with Gasteiger partial charge in [0.25, 0.3) is 0 Å². The zero-order chi connectivity index (χ0) is 14.8. The van der Waals surface area contributed by atoms with Crippen LogP contribution >= 0.6 is 27.5 Å². The zero-order valence-electron chi connectivity index (χ0n) is 10.0. The quantitative estimate of drug-likeness (QED) is 0.625. The highest BCUT2D eigenvalue weighted by molar-refractivity contribution is 9.08. The van der Waals surface area contributed by atoms with E-state index < -0.39 is 6.36 Å². The van der Waals surface area contributed by atoms with Gasteiger partial charge in [-0.2, -0.15) is 0 Å². The van der Waals surface area contributed by atoms with E-state index in [2.05, 4.69) is 20.7 Å². The highest BCUT2D eigenvalue weighted by Gasteiger charge is 2.30. The van der Waals surface area contributed by atoms with E-state index in [1.165, 1.54) is 24.3 Å². The van der Waals surface area contributed by atoms with Crippen molar-refractivity contribution in [2.75, 3.05) is 0 Å². The molecule has 0 amide bonds. The minimum Gasteiger partial charge on any atom is -0.406 e. The summed E-state index contributed by atoms with van der Waals surface area (Å²) in [6, 6.07) is 11.1. The van der Waals surface area contributed by atoms with E-state index in [1.807, 2.05) is 18.2 Å². The van der Waals surface area contributed by atoms with Gasteiger partial charge in [0.1, 0.15) is 5.75 Å². The Hall–Kier alpha value is -1.20. The zero-order valence-corrected chi connectivity index (χ0v) is 12.4. The van der Waals surface area contributed by atoms with Gasteiger partial charge in [-0.05, 0) is 29.3 Å². The maximum absolute atomic E-state index is 12.1. The first-order chi connectivity index (χ1) is 9.39. The van der Waals surface area contributed by atoms with E-state index in [0.717, 1.165) is 16.7 Å². The fraction of sp³-hybridized carbons (Fsp3) is 0.143. The van der Waals surface area contributed by atoms with Crippen molar-refractivity contribution in [3.8, 4) is 16.9 Å². The molecule has 0 radical (unpaired) electrons. The van der Waals surface area contributed by atoms with E-state index in [0.29, 0.717) is 10.4 Å². The molecule has 0 saturated heterocycles. The van der Waals surface area contributed by atoms with Crippen LogP contribution in [0.1, 0.15) is 5.56 Å². The number of benzene rings is 2. The van der Waals surface area contributed by atoms with Gasteiger partial charge in [0, 0.05) is 15.9 Å². The van der Waals surface area contributed by atoms with Crippen molar-refractivity contribution < 1.29 is 17.9 Å². The minimum atomic E-state index is -4.68. The van der Waals surface area contributed by atoms with E-state index >= 15 is 0 Å². The third-order valence-corrected chi connectivity index (χ3v) is 3.55. The number of hydrogen-bond acceptors (Lipinski definition) is 1. The molecule has 0 bridgehead atoms. The van der Waals surface area contributed by atoms with Gasteiger partial charge in [-0.15, -0.1) is 13.2 Å². The van der Waals surface area contributed by atoms with Gasteiger partial charge in [0.15, 0.2) is 0 Å². The van der Waals surface area contributed by atoms with E-state index in [1.54, 1.807) is 0 Å². The van der Waals surface area contributed by atoms with Gasteiger partial charge >= 0.3 is 6.36 Å². The molecular formula is C14H9BrClF3O. The molecule has 0 spiro atoms. The Kier molecular flexibility index (Phi) is 4.60. The first-order valence-electron chi connectivity index (χ1n) is 5.59. The SMILES string of the molecule is FC(F)(F)Oc1ccc(-c2ccc(CBr)cc2Cl)cc1. The van der Waals surface area contributed by atoms with Crippen LogP contribution in [0.2, 0.25) is 5.02 Å². The Labute approximate surface area is 127 Å². The molecule has 2 aromatic carbocycles. The summed E-state index contributed by atoms with van der Waals surface area (Å²) in [6.07, 6.45) is -4.68. The predicted octanol–water partition coefficient (Wildman–Crippen LogP) is 5.80. The summed E-state index contributed by atoms with van der Waals surface area (Å²) in [4.78, 5) is 0. The van der Waals surface area contributed by atoms with E-state index in [4.69, 9.17) is 11.6 Å². The van der Waals surface area contributed by atoms with Crippen LogP contribution in [0.5, 0.6) is 5.75 Å². The minimum absolute atomic E-state index is 0.255. The molecule has 2 rings (SSSR count). The van der Waals surface area contributed by atoms with Gasteiger partial charge in [-0.1, -0.05) is 51.8 Å². The Morgan fingerprint density at radius 3 is 2.20 bits per heavy atom. The van der Waals surface area contributed by atoms with Crippen LogP contribution in [0.4, 0.5) is 13.2 Å². The molecule has 0 aromatic heterocycles. The predicted molar refractivity (Wildman–Crippen MR) is 76.2 cm³/mol. The summed E-state index contributed by atoms with van der Waals surface area (Å²) < 4.78 is 40.0. The third kappa shape index (κ3) is 3.90. The second-order valence-electron chi connectivity index (χ2n) is 4.02. The Balaban J connectivity index is 2.26. The molecule has 6 heteroatoms. The second-order valence-corrected chi connectivity index (χ2v) is 4.99. The lowest BCUT2D eigenvalue weighted by Crippen LogP contribution is -2.16. The van der Waals surface area contributed by atoms with Gasteiger partial charge in [0.2, 0.25) is 0 Å². The number of ether oxygens (including phenoxy) is 1. The summed E-state index contributed by atoms with van der Waals surface area (Å²) in [5.74, 6) is -0.255. The van der Waals surface area contributed by atoms with E-state index in [9.17, 15) is 13.2 Å². The molecule has 0 fully saturated rings. The maximum Gasteiger partial charge on any atom is 0.573 e. The molecule has 0 aliphatic rings. The number of alkyl halides is 4. The molecule has 0 aliphatic carbocycles. The summed E-state index contributed by atoms with van der Waals surface area (Å²) in [5.41, 5.74) is 2.51. The first kappa shape index (κ1) is 15.2. The lowest BCUT2D eigenvalue weighted by molar-refractivity contribution is -0.274. The van der Waals surface area contributed by atoms with Gasteiger partial charge < -0.3 is 4.74 Å². The van der Waals surface area contributed by atoms with Crippen molar-refractivity contribution in [1.82, 2.24) is 0 Å². The molecule has 2 aromatic rings. The fourth-order valence-electron chi connectivity index (χ4n) is 1.71. The number of halogens is 5. The monoisotopic (exact) mass is 364 g/mol. The summed E-state index contributed by atoms with van der Waals surface area (Å²) >= 11 is 9.49. The van der Waals surface area contributed by atoms with Crippen molar-refractivity contribution in [2.24, 2.45) is 0 Å². The highest BCUT2D eigenvalue weighted by Crippen LogP contribution is 2.31. The molecule has 1 nitrogen and oxygen atoms in total. The van der Waals surface area contributed by atoms with Crippen LogP contribution in [-0.2, 0) is 5.33 Å². The van der Waals surface area contributed by atoms with Gasteiger partial charge in [-0.3, -0.25) is 0 Å². The molecule has 0 unspecified atom stereocenters. The van der Waals surface area contributed by atoms with Crippen LogP contribution in [0.15, 0.2) is 42.5 Å². The lowest BCUT2D eigenvalue weighted by atomic mass is 10.0. The molecule has 0 heterocycles. The standard InChI is InChI=1S/C14H9BrClF3O/c15-8-9-1-6-12(13(16)7-9)10-2-4-11(5-3-10)20-14(17,18)19/h1-7H,8H2. The number of rotatable bonds is 3. The van der Waals surface area contributed by atoms with Crippen LogP contribution in [0.3, 0.4) is 0 Å². The smallest absolute Gasteiger partial charge is 0.406 e. The summed E-state index contributed by atoms with van der Waals surface area (Å²) in [5, 5.41) is 1.23. The Morgan fingerprint density at radius 1 is 1.05 bits per heavy atom. The third-order valence-electron chi connectivity index (χ3n) is 2.59. The molecule has 0 saturated carbocycles. The molecule has 0 atom stereocenters. The molecule has 106 valence electrons. The fourth-order valence-corrected chi connectivity index (χ4v) is 2.37. The van der Waals surface area contributed by atoms with Crippen molar-refractivity contribution in [2.45, 2.75) is 11.7 Å². The van der Waals surface area contributed by atoms with Crippen LogP contribution in [-0.4, -0.2) is 6.36 Å². The topological polar surface area (TPSA) is 9.23 Å². The molecule has 0 N–H and O–H groups in total. The lowest BCUT2D eigenvalue weighted by Gasteiger charge is -2.10. The van der Waals surface area contributed by atoms with Gasteiger partial charge in [-0.25, -0.2) is 0 Å².